The number of sulfonamides is 2. The molecular weight excluding hydrogens is 881 g/mol. The van der Waals surface area contributed by atoms with Gasteiger partial charge in [0.1, 0.15) is 13.2 Å². The number of nitrogens with zero attached hydrogens (tertiary/aromatic N) is 2. The van der Waals surface area contributed by atoms with Gasteiger partial charge in [-0.15, -0.1) is 0 Å². The molecule has 0 radical (unpaired) electrons. The summed E-state index contributed by atoms with van der Waals surface area (Å²) in [6.07, 6.45) is 6.86. The highest BCUT2D eigenvalue weighted by Gasteiger charge is 2.61. The fourth-order valence-electron chi connectivity index (χ4n) is 12.0. The molecule has 2 amide bonds. The van der Waals surface area contributed by atoms with Crippen LogP contribution in [0.1, 0.15) is 112 Å². The molecule has 0 aromatic heterocycles. The molecule has 0 spiro atoms. The summed E-state index contributed by atoms with van der Waals surface area (Å²) in [5.41, 5.74) is 1.58. The van der Waals surface area contributed by atoms with E-state index in [1.165, 1.54) is 47.8 Å². The Balaban J connectivity index is 0.000000196. The zero-order chi connectivity index (χ0) is 47.7. The van der Waals surface area contributed by atoms with Crippen LogP contribution in [-0.2, 0) is 39.0 Å². The monoisotopic (exact) mass is 948 g/mol. The van der Waals surface area contributed by atoms with Crippen molar-refractivity contribution in [3.05, 3.63) is 58.7 Å². The average molecular weight is 949 g/mol. The maximum atomic E-state index is 13.5. The molecule has 2 heterocycles. The van der Waals surface area contributed by atoms with E-state index < -0.39 is 20.0 Å². The van der Waals surface area contributed by atoms with Gasteiger partial charge in [0.25, 0.3) is 11.8 Å². The van der Waals surface area contributed by atoms with Gasteiger partial charge < -0.3 is 29.6 Å². The largest absolute Gasteiger partial charge is 0.379 e. The van der Waals surface area contributed by atoms with Crippen LogP contribution in [0, 0.1) is 57.2 Å². The van der Waals surface area contributed by atoms with Gasteiger partial charge >= 0.3 is 0 Å². The van der Waals surface area contributed by atoms with Crippen molar-refractivity contribution in [1.82, 2.24) is 19.2 Å². The average Bonchev–Trinajstić information content (AvgIpc) is 4.00. The van der Waals surface area contributed by atoms with E-state index in [0.29, 0.717) is 60.5 Å². The van der Waals surface area contributed by atoms with Crippen molar-refractivity contribution in [2.45, 2.75) is 102 Å². The maximum absolute atomic E-state index is 13.5. The molecule has 4 saturated carbocycles. The van der Waals surface area contributed by atoms with Gasteiger partial charge in [0.2, 0.25) is 20.0 Å². The normalized spacial score (nSPS) is 28.8. The van der Waals surface area contributed by atoms with Crippen LogP contribution in [0.25, 0.3) is 0 Å². The number of amides is 2. The van der Waals surface area contributed by atoms with Gasteiger partial charge in [0.05, 0.1) is 36.2 Å². The predicted octanol–water partition coefficient (Wildman–Crippen LogP) is 5.30. The first-order valence-electron chi connectivity index (χ1n) is 23.2. The summed E-state index contributed by atoms with van der Waals surface area (Å²) in [5, 5.41) is 6.53. The quantitative estimate of drug-likeness (QED) is 0.298. The number of nitrogens with one attached hydrogen (secondary N) is 2. The number of benzene rings is 2. The Kier molecular flexibility index (Phi) is 14.9. The Bertz CT molecular complexity index is 2330. The summed E-state index contributed by atoms with van der Waals surface area (Å²) < 4.78 is 77.2. The number of morpholine rings is 2. The highest BCUT2D eigenvalue weighted by molar-refractivity contribution is 7.89. The van der Waals surface area contributed by atoms with Crippen LogP contribution in [0.15, 0.2) is 46.2 Å². The van der Waals surface area contributed by atoms with Crippen molar-refractivity contribution >= 4 is 31.9 Å². The van der Waals surface area contributed by atoms with Gasteiger partial charge in [0.15, 0.2) is 0 Å². The lowest BCUT2D eigenvalue weighted by Gasteiger charge is -2.43. The smallest absolute Gasteiger partial charge is 0.251 e. The van der Waals surface area contributed by atoms with Gasteiger partial charge in [-0.25, -0.2) is 16.8 Å². The topological polar surface area (TPSA) is 170 Å². The van der Waals surface area contributed by atoms with Crippen LogP contribution >= 0.6 is 0 Å². The second-order valence-corrected chi connectivity index (χ2v) is 24.4. The lowest BCUT2D eigenvalue weighted by Crippen LogP contribution is -2.52. The number of methoxy groups -OCH3 is 2. The molecule has 16 heteroatoms. The molecule has 8 rings (SSSR count). The fraction of sp³-hybridized carbons (Fsp3) is 0.640. The Hall–Kier alpha value is -3.84. The number of ether oxygens (including phenoxy) is 4. The lowest BCUT2D eigenvalue weighted by molar-refractivity contribution is 0.0728. The van der Waals surface area contributed by atoms with Crippen molar-refractivity contribution in [3.8, 4) is 23.7 Å². The van der Waals surface area contributed by atoms with Crippen LogP contribution in [0.2, 0.25) is 0 Å². The molecule has 6 fully saturated rings. The molecule has 4 unspecified atom stereocenters. The molecule has 4 bridgehead atoms. The number of rotatable bonds is 10. The zero-order valence-electron chi connectivity index (χ0n) is 39.9. The summed E-state index contributed by atoms with van der Waals surface area (Å²) in [7, 11) is -4.59. The molecule has 6 atom stereocenters. The standard InChI is InChI=1S/2C25H34N2O5S/c2*1-24(2)20-9-10-25(3,17-20)23(24)26-22(28)19-8-7-18(6-5-13-31-4)21(16-19)33(29,30)27-11-14-32-15-12-27/h2*7-8,16,20,23H,9-15,17H2,1-4H3,(H,26,28)/t20-,23?,25+;/m1./s1. The van der Waals surface area contributed by atoms with E-state index in [2.05, 4.69) is 75.9 Å². The first-order chi connectivity index (χ1) is 31.2. The third-order valence-electron chi connectivity index (χ3n) is 15.6. The molecule has 6 aliphatic rings. The summed E-state index contributed by atoms with van der Waals surface area (Å²) in [6, 6.07) is 9.62. The van der Waals surface area contributed by atoms with E-state index in [0.717, 1.165) is 25.7 Å². The highest BCUT2D eigenvalue weighted by Crippen LogP contribution is 2.63. The Morgan fingerprint density at radius 2 is 1.00 bits per heavy atom. The van der Waals surface area contributed by atoms with Crippen LogP contribution < -0.4 is 10.6 Å². The summed E-state index contributed by atoms with van der Waals surface area (Å²) in [5.74, 6) is 12.2. The predicted molar refractivity (Wildman–Crippen MR) is 251 cm³/mol. The van der Waals surface area contributed by atoms with Gasteiger partial charge in [-0.05, 0) is 108 Å². The van der Waals surface area contributed by atoms with E-state index >= 15 is 0 Å². The van der Waals surface area contributed by atoms with E-state index in [1.54, 1.807) is 24.3 Å². The van der Waals surface area contributed by atoms with Crippen LogP contribution in [0.3, 0.4) is 0 Å². The van der Waals surface area contributed by atoms with Crippen LogP contribution in [-0.4, -0.2) is 129 Å². The second kappa shape index (κ2) is 19.6. The van der Waals surface area contributed by atoms with Crippen LogP contribution in [0.4, 0.5) is 0 Å². The van der Waals surface area contributed by atoms with Crippen molar-refractivity contribution in [2.24, 2.45) is 33.5 Å². The summed E-state index contributed by atoms with van der Waals surface area (Å²) >= 11 is 0. The summed E-state index contributed by atoms with van der Waals surface area (Å²) in [4.78, 5) is 26.8. The molecule has 4 aliphatic carbocycles. The number of fused-ring (bicyclic) bond motifs is 4. The van der Waals surface area contributed by atoms with Crippen molar-refractivity contribution in [3.63, 3.8) is 0 Å². The lowest BCUT2D eigenvalue weighted by atomic mass is 9.68. The molecule has 2 saturated heterocycles. The Labute approximate surface area is 392 Å². The van der Waals surface area contributed by atoms with Crippen molar-refractivity contribution in [2.75, 3.05) is 80.0 Å². The number of carbonyl (C=O) groups excluding carboxylic acids is 2. The molecule has 14 nitrogen and oxygen atoms in total. The molecule has 360 valence electrons. The Morgan fingerprint density at radius 3 is 1.32 bits per heavy atom. The molecule has 66 heavy (non-hydrogen) atoms. The third-order valence-corrected chi connectivity index (χ3v) is 19.5. The first-order valence-corrected chi connectivity index (χ1v) is 26.1. The summed E-state index contributed by atoms with van der Waals surface area (Å²) in [6.45, 7) is 16.3. The van der Waals surface area contributed by atoms with Gasteiger partial charge in [-0.1, -0.05) is 65.2 Å². The van der Waals surface area contributed by atoms with Gasteiger partial charge in [0, 0.05) is 74.7 Å². The van der Waals surface area contributed by atoms with E-state index in [-0.39, 0.29) is 94.7 Å². The molecular formula is C50H68N4O10S2. The van der Waals surface area contributed by atoms with Crippen molar-refractivity contribution < 1.29 is 45.4 Å². The highest BCUT2D eigenvalue weighted by atomic mass is 32.2. The minimum atomic E-state index is -3.83. The number of hydrogen-bond donors (Lipinski definition) is 2. The minimum Gasteiger partial charge on any atom is -0.379 e. The number of hydrogen-bond acceptors (Lipinski definition) is 10. The molecule has 2 aromatic rings. The third kappa shape index (κ3) is 9.86. The fourth-order valence-corrected chi connectivity index (χ4v) is 15.1. The molecule has 2 aliphatic heterocycles. The van der Waals surface area contributed by atoms with Crippen LogP contribution in [0.5, 0.6) is 0 Å². The van der Waals surface area contributed by atoms with E-state index in [1.807, 2.05) is 0 Å². The first kappa shape index (κ1) is 50.0. The number of carbonyl (C=O) groups is 2. The van der Waals surface area contributed by atoms with Gasteiger partial charge in [-0.3, -0.25) is 9.59 Å². The SMILES string of the molecule is COCC#Cc1ccc(C(=O)NC2C(C)(C)[C@@H]3CC[C@@]2(C)C3)cc1S(=O)(=O)N1CCOCC1.COCC#Cc1ccc(C(=O)NC2C3(C)CCC(C3)C2(C)C)cc1S(=O)(=O)N1CCOCC1. The second-order valence-electron chi connectivity index (χ2n) is 20.6. The molecule has 2 aromatic carbocycles. The maximum Gasteiger partial charge on any atom is 0.251 e. The van der Waals surface area contributed by atoms with Crippen molar-refractivity contribution in [1.29, 1.82) is 0 Å². The Morgan fingerprint density at radius 1 is 0.636 bits per heavy atom. The van der Waals surface area contributed by atoms with E-state index in [4.69, 9.17) is 18.9 Å². The van der Waals surface area contributed by atoms with Gasteiger partial charge in [-0.2, -0.15) is 8.61 Å². The molecule has 2 N–H and O–H groups in total. The minimum absolute atomic E-state index is 0.0108. The van der Waals surface area contributed by atoms with E-state index in [9.17, 15) is 26.4 Å². The zero-order valence-corrected chi connectivity index (χ0v) is 41.5.